The summed E-state index contributed by atoms with van der Waals surface area (Å²) in [6, 6.07) is 0. The predicted octanol–water partition coefficient (Wildman–Crippen LogP) is 3.19. The van der Waals surface area contributed by atoms with Gasteiger partial charge in [-0.1, -0.05) is 52.4 Å². The zero-order valence-corrected chi connectivity index (χ0v) is 11.7. The number of rotatable bonds is 1. The Morgan fingerprint density at radius 3 is 2.54 bits per heavy atom. The van der Waals surface area contributed by atoms with Crippen LogP contribution in [0.2, 0.25) is 0 Å². The molecule has 0 spiro atoms. The van der Waals surface area contributed by atoms with Crippen molar-refractivity contribution in [2.75, 3.05) is 4.43 Å². The maximum absolute atomic E-state index is 12.0. The monoisotopic (exact) mass is 356 g/mol. The molecule has 3 heteroatoms. The van der Waals surface area contributed by atoms with E-state index in [2.05, 4.69) is 52.4 Å². The van der Waals surface area contributed by atoms with Gasteiger partial charge in [0, 0.05) is 9.84 Å². The summed E-state index contributed by atoms with van der Waals surface area (Å²) in [5.74, 6) is 1.02. The van der Waals surface area contributed by atoms with Crippen molar-refractivity contribution in [1.82, 2.24) is 0 Å². The smallest absolute Gasteiger partial charge is 0.153 e. The van der Waals surface area contributed by atoms with E-state index in [0.717, 1.165) is 10.8 Å². The minimum absolute atomic E-state index is 0.0486. The van der Waals surface area contributed by atoms with Crippen LogP contribution >= 0.6 is 38.5 Å². The summed E-state index contributed by atoms with van der Waals surface area (Å²) in [4.78, 5) is 12.1. The molecule has 0 aliphatic heterocycles. The van der Waals surface area contributed by atoms with Gasteiger partial charge in [-0.2, -0.15) is 0 Å². The molecule has 2 fully saturated rings. The molecule has 2 aliphatic rings. The summed E-state index contributed by atoms with van der Waals surface area (Å²) in [7, 11) is 0. The van der Waals surface area contributed by atoms with Crippen molar-refractivity contribution in [3.63, 3.8) is 0 Å². The van der Waals surface area contributed by atoms with Crippen molar-refractivity contribution in [3.05, 3.63) is 0 Å². The maximum atomic E-state index is 12.0. The fourth-order valence-electron chi connectivity index (χ4n) is 3.07. The first-order valence-electron chi connectivity index (χ1n) is 4.72. The highest BCUT2D eigenvalue weighted by Crippen LogP contribution is 2.65. The molecule has 0 aromatic carbocycles. The Morgan fingerprint density at radius 1 is 1.62 bits per heavy atom. The van der Waals surface area contributed by atoms with Crippen molar-refractivity contribution in [3.8, 4) is 0 Å². The van der Waals surface area contributed by atoms with Gasteiger partial charge in [0.25, 0.3) is 0 Å². The van der Waals surface area contributed by atoms with E-state index in [1.54, 1.807) is 0 Å². The van der Waals surface area contributed by atoms with Crippen LogP contribution in [0.3, 0.4) is 0 Å². The van der Waals surface area contributed by atoms with Crippen LogP contribution in [-0.2, 0) is 4.79 Å². The zero-order valence-electron chi connectivity index (χ0n) is 7.94. The van der Waals surface area contributed by atoms with E-state index < -0.39 is 0 Å². The Labute approximate surface area is 101 Å². The number of Topliss-reactive ketones (excluding diaryl/α,β-unsaturated/α-hetero) is 1. The quantitative estimate of drug-likeness (QED) is 0.521. The summed E-state index contributed by atoms with van der Waals surface area (Å²) < 4.78 is 1.10. The molecule has 1 nitrogen and oxygen atoms in total. The van der Waals surface area contributed by atoms with Crippen LogP contribution in [0.1, 0.15) is 26.7 Å². The summed E-state index contributed by atoms with van der Waals surface area (Å²) >= 11 is 5.99. The van der Waals surface area contributed by atoms with Gasteiger partial charge in [-0.15, -0.1) is 0 Å². The number of fused-ring (bicyclic) bond motifs is 2. The number of halogens is 2. The third-order valence-corrected chi connectivity index (χ3v) is 7.10. The minimum atomic E-state index is -0.0486. The molecule has 0 amide bonds. The fraction of sp³-hybridized carbons (Fsp3) is 0.900. The second-order valence-electron chi connectivity index (χ2n) is 4.79. The van der Waals surface area contributed by atoms with Gasteiger partial charge >= 0.3 is 0 Å². The van der Waals surface area contributed by atoms with Crippen LogP contribution in [0.4, 0.5) is 0 Å². The number of hydrogen-bond donors (Lipinski definition) is 0. The Morgan fingerprint density at radius 2 is 2.23 bits per heavy atom. The van der Waals surface area contributed by atoms with Crippen LogP contribution in [0.25, 0.3) is 0 Å². The third kappa shape index (κ3) is 1.01. The molecule has 0 aromatic heterocycles. The SMILES string of the molecule is C[C@]12CC[C@H]([C@@H](Br)C1=O)[C@]2(C)CI. The van der Waals surface area contributed by atoms with Gasteiger partial charge in [0.2, 0.25) is 0 Å². The molecule has 0 aromatic rings. The third-order valence-electron chi connectivity index (χ3n) is 4.46. The van der Waals surface area contributed by atoms with Crippen molar-refractivity contribution in [1.29, 1.82) is 0 Å². The van der Waals surface area contributed by atoms with E-state index in [-0.39, 0.29) is 15.7 Å². The van der Waals surface area contributed by atoms with Gasteiger partial charge in [0.15, 0.2) is 5.78 Å². The van der Waals surface area contributed by atoms with Gasteiger partial charge in [-0.3, -0.25) is 4.79 Å². The number of alkyl halides is 2. The molecular formula is C10H14BrIO. The normalized spacial score (nSPS) is 54.6. The number of carbonyl (C=O) groups is 1. The lowest BCUT2D eigenvalue weighted by Gasteiger charge is -2.34. The van der Waals surface area contributed by atoms with E-state index in [9.17, 15) is 4.79 Å². The maximum Gasteiger partial charge on any atom is 0.153 e. The van der Waals surface area contributed by atoms with E-state index in [1.807, 2.05) is 0 Å². The van der Waals surface area contributed by atoms with Crippen LogP contribution in [0, 0.1) is 16.7 Å². The Hall–Kier alpha value is 0.880. The number of hydrogen-bond acceptors (Lipinski definition) is 1. The molecule has 4 atom stereocenters. The summed E-state index contributed by atoms with van der Waals surface area (Å²) in [5, 5.41) is 0. The molecule has 0 unspecified atom stereocenters. The van der Waals surface area contributed by atoms with E-state index >= 15 is 0 Å². The first-order valence-corrected chi connectivity index (χ1v) is 7.16. The average Bonchev–Trinajstić information content (AvgIpc) is 2.44. The molecule has 13 heavy (non-hydrogen) atoms. The molecule has 0 N–H and O–H groups in total. The lowest BCUT2D eigenvalue weighted by atomic mass is 9.70. The van der Waals surface area contributed by atoms with Crippen molar-refractivity contribution >= 4 is 44.3 Å². The lowest BCUT2D eigenvalue weighted by Crippen LogP contribution is -2.36. The molecule has 74 valence electrons. The Kier molecular flexibility index (Phi) is 2.35. The van der Waals surface area contributed by atoms with Gasteiger partial charge in [-0.25, -0.2) is 0 Å². The molecule has 0 heterocycles. The van der Waals surface area contributed by atoms with Gasteiger partial charge in [0.05, 0.1) is 4.83 Å². The predicted molar refractivity (Wildman–Crippen MR) is 65.5 cm³/mol. The highest BCUT2D eigenvalue weighted by atomic mass is 127. The van der Waals surface area contributed by atoms with Crippen LogP contribution in [0.15, 0.2) is 0 Å². The van der Waals surface area contributed by atoms with Crippen molar-refractivity contribution in [2.24, 2.45) is 16.7 Å². The van der Waals surface area contributed by atoms with Gasteiger partial charge in [0.1, 0.15) is 0 Å². The van der Waals surface area contributed by atoms with Gasteiger partial charge < -0.3 is 0 Å². The molecule has 0 radical (unpaired) electrons. The molecule has 2 bridgehead atoms. The molecule has 2 aliphatic carbocycles. The molecule has 2 saturated carbocycles. The van der Waals surface area contributed by atoms with Crippen molar-refractivity contribution < 1.29 is 4.79 Å². The van der Waals surface area contributed by atoms with Crippen LogP contribution < -0.4 is 0 Å². The molecule has 0 saturated heterocycles. The average molecular weight is 357 g/mol. The van der Waals surface area contributed by atoms with Crippen LogP contribution in [-0.4, -0.2) is 15.0 Å². The second-order valence-corrected chi connectivity index (χ2v) is 6.54. The summed E-state index contributed by atoms with van der Waals surface area (Å²) in [6.45, 7) is 4.45. The topological polar surface area (TPSA) is 17.1 Å². The van der Waals surface area contributed by atoms with E-state index in [4.69, 9.17) is 0 Å². The first kappa shape index (κ1) is 10.4. The number of carbonyl (C=O) groups excluding carboxylic acids is 1. The van der Waals surface area contributed by atoms with Gasteiger partial charge in [-0.05, 0) is 24.2 Å². The van der Waals surface area contributed by atoms with Crippen molar-refractivity contribution in [2.45, 2.75) is 31.5 Å². The fourth-order valence-corrected chi connectivity index (χ4v) is 5.83. The van der Waals surface area contributed by atoms with E-state index in [1.165, 1.54) is 6.42 Å². The Balaban J connectivity index is 2.49. The Bertz CT molecular complexity index is 268. The second kappa shape index (κ2) is 2.94. The lowest BCUT2D eigenvalue weighted by molar-refractivity contribution is -0.127. The summed E-state index contributed by atoms with van der Waals surface area (Å²) in [6.07, 6.45) is 2.32. The number of ketones is 1. The highest BCUT2D eigenvalue weighted by Gasteiger charge is 2.67. The van der Waals surface area contributed by atoms with E-state index in [0.29, 0.717) is 11.7 Å². The molecule has 2 rings (SSSR count). The molecular weight excluding hydrogens is 343 g/mol. The highest BCUT2D eigenvalue weighted by molar-refractivity contribution is 14.1. The zero-order chi connectivity index (χ0) is 9.85. The van der Waals surface area contributed by atoms with Crippen LogP contribution in [0.5, 0.6) is 0 Å². The largest absolute Gasteiger partial charge is 0.298 e. The standard InChI is InChI=1S/C10H14BrIO/c1-9-4-3-6(7(11)8(9)13)10(9,2)5-12/h6-7H,3-5H2,1-2H3/t6-,7-,9+,10+/m1/s1. The minimum Gasteiger partial charge on any atom is -0.298 e. The summed E-state index contributed by atoms with van der Waals surface area (Å²) in [5.41, 5.74) is 0.186. The first-order chi connectivity index (χ1) is 5.97.